The summed E-state index contributed by atoms with van der Waals surface area (Å²) in [6, 6.07) is 53.8. The van der Waals surface area contributed by atoms with Crippen LogP contribution in [-0.2, 0) is 10.4 Å². The molecule has 0 atom stereocenters. The predicted molar refractivity (Wildman–Crippen MR) is 172 cm³/mol. The lowest BCUT2D eigenvalue weighted by Gasteiger charge is -2.06. The van der Waals surface area contributed by atoms with Crippen LogP contribution < -0.4 is 9.13 Å². The molecule has 0 radical (unpaired) electrons. The zero-order valence-corrected chi connectivity index (χ0v) is 24.7. The van der Waals surface area contributed by atoms with Crippen LogP contribution in [-0.4, -0.2) is 27.5 Å². The van der Waals surface area contributed by atoms with Gasteiger partial charge in [0.05, 0.1) is 0 Å². The van der Waals surface area contributed by atoms with E-state index in [0.717, 1.165) is 55.5 Å². The normalized spacial score (nSPS) is 11.1. The van der Waals surface area contributed by atoms with Gasteiger partial charge in [0.25, 0.3) is 0 Å². The van der Waals surface area contributed by atoms with Crippen molar-refractivity contribution in [2.75, 3.05) is 0 Å². The van der Waals surface area contributed by atoms with Crippen molar-refractivity contribution in [3.8, 4) is 11.4 Å². The molecular weight excluding hydrogens is 584 g/mol. The summed E-state index contributed by atoms with van der Waals surface area (Å²) in [5, 5.41) is 0. The third kappa shape index (κ3) is 6.81. The lowest BCUT2D eigenvalue weighted by molar-refractivity contribution is -0.538. The summed E-state index contributed by atoms with van der Waals surface area (Å²) in [7, 11) is -5.17. The Labute approximate surface area is 259 Å². The minimum atomic E-state index is -5.17. The maximum absolute atomic E-state index is 8.52. The zero-order valence-electron chi connectivity index (χ0n) is 23.8. The molecule has 0 fully saturated rings. The maximum Gasteiger partial charge on any atom is 0.237 e. The lowest BCUT2D eigenvalue weighted by atomic mass is 10.2. The Bertz CT molecular complexity index is 2100. The van der Waals surface area contributed by atoms with Crippen LogP contribution in [0.25, 0.3) is 55.5 Å². The van der Waals surface area contributed by atoms with E-state index in [-0.39, 0.29) is 0 Å². The number of benzene rings is 6. The molecule has 2 heterocycles. The van der Waals surface area contributed by atoms with Crippen molar-refractivity contribution in [1.82, 2.24) is 9.97 Å². The highest BCUT2D eigenvalue weighted by atomic mass is 32.3. The van der Waals surface area contributed by atoms with Crippen LogP contribution in [0.4, 0.5) is 0 Å². The summed E-state index contributed by atoms with van der Waals surface area (Å²) in [6.45, 7) is 0. The molecule has 8 rings (SSSR count). The fraction of sp³-hybridized carbons (Fsp3) is 0. The Kier molecular flexibility index (Phi) is 8.47. The first-order valence-corrected chi connectivity index (χ1v) is 15.4. The van der Waals surface area contributed by atoms with Crippen LogP contribution in [0.5, 0.6) is 0 Å². The Balaban J connectivity index is 0.000000139. The summed E-state index contributed by atoms with van der Waals surface area (Å²) < 4.78 is 38.6. The molecule has 220 valence electrons. The van der Waals surface area contributed by atoms with E-state index in [0.29, 0.717) is 0 Å². The molecule has 0 aliphatic rings. The van der Waals surface area contributed by atoms with Crippen molar-refractivity contribution in [2.45, 2.75) is 0 Å². The van der Waals surface area contributed by atoms with E-state index in [4.69, 9.17) is 27.5 Å². The molecule has 0 aliphatic heterocycles. The second-order valence-electron chi connectivity index (χ2n) is 9.93. The summed E-state index contributed by atoms with van der Waals surface area (Å²) in [5.74, 6) is 0. The standard InChI is InChI=1S/2C18H13N2.H2O4S/c2*1-2-8-14(9-3-1)20-17-12-6-4-10-15(17)19-16-11-5-7-13-18(16)20;1-5(2,3)4/h2*1-13H;(H2,1,2,3,4)/q2*+1;/p-2. The molecule has 0 bridgehead atoms. The molecule has 0 unspecified atom stereocenters. The monoisotopic (exact) mass is 610 g/mol. The molecule has 6 aromatic carbocycles. The number of para-hydroxylation sites is 10. The average Bonchev–Trinajstić information content (AvgIpc) is 3.06. The molecule has 8 aromatic rings. The van der Waals surface area contributed by atoms with E-state index in [1.807, 2.05) is 36.4 Å². The van der Waals surface area contributed by atoms with E-state index in [1.165, 1.54) is 0 Å². The Hall–Kier alpha value is -5.61. The van der Waals surface area contributed by atoms with Gasteiger partial charge in [0, 0.05) is 58.9 Å². The highest BCUT2D eigenvalue weighted by Gasteiger charge is 2.19. The smallest absolute Gasteiger partial charge is 0.237 e. The quantitative estimate of drug-likeness (QED) is 0.103. The first-order chi connectivity index (χ1) is 21.9. The third-order valence-electron chi connectivity index (χ3n) is 7.00. The molecule has 2 aromatic heterocycles. The van der Waals surface area contributed by atoms with E-state index < -0.39 is 10.4 Å². The fourth-order valence-electron chi connectivity index (χ4n) is 5.22. The molecule has 45 heavy (non-hydrogen) atoms. The third-order valence-corrected chi connectivity index (χ3v) is 7.00. The first kappa shape index (κ1) is 29.5. The van der Waals surface area contributed by atoms with Gasteiger partial charge in [0.15, 0.2) is 0 Å². The zero-order chi connectivity index (χ0) is 31.2. The molecule has 0 saturated heterocycles. The summed E-state index contributed by atoms with van der Waals surface area (Å²) in [4.78, 5) is 9.49. The number of hydrogen-bond acceptors (Lipinski definition) is 6. The van der Waals surface area contributed by atoms with E-state index in [9.17, 15) is 0 Å². The molecule has 0 aliphatic carbocycles. The van der Waals surface area contributed by atoms with Crippen molar-refractivity contribution < 1.29 is 26.7 Å². The minimum Gasteiger partial charge on any atom is -0.759 e. The van der Waals surface area contributed by atoms with Crippen LogP contribution in [0.2, 0.25) is 0 Å². The fourth-order valence-corrected chi connectivity index (χ4v) is 5.22. The predicted octanol–water partition coefficient (Wildman–Crippen LogP) is 5.99. The van der Waals surface area contributed by atoms with Crippen LogP contribution >= 0.6 is 0 Å². The number of rotatable bonds is 2. The van der Waals surface area contributed by atoms with Crippen molar-refractivity contribution in [3.63, 3.8) is 0 Å². The van der Waals surface area contributed by atoms with Gasteiger partial charge in [-0.3, -0.25) is 8.42 Å². The van der Waals surface area contributed by atoms with Crippen LogP contribution in [0, 0.1) is 0 Å². The van der Waals surface area contributed by atoms with Gasteiger partial charge in [0.1, 0.15) is 22.1 Å². The summed E-state index contributed by atoms with van der Waals surface area (Å²) in [6.07, 6.45) is 0. The Morgan fingerprint density at radius 3 is 0.867 bits per heavy atom. The van der Waals surface area contributed by atoms with Crippen molar-refractivity contribution in [3.05, 3.63) is 158 Å². The van der Waals surface area contributed by atoms with Crippen LogP contribution in [0.15, 0.2) is 158 Å². The highest BCUT2D eigenvalue weighted by molar-refractivity contribution is 7.79. The van der Waals surface area contributed by atoms with E-state index in [1.54, 1.807) is 0 Å². The number of fused-ring (bicyclic) bond motifs is 4. The molecule has 0 saturated carbocycles. The Morgan fingerprint density at radius 1 is 0.378 bits per heavy atom. The average molecular weight is 611 g/mol. The van der Waals surface area contributed by atoms with Gasteiger partial charge in [-0.15, -0.1) is 9.13 Å². The largest absolute Gasteiger partial charge is 0.759 e. The highest BCUT2D eigenvalue weighted by Crippen LogP contribution is 2.18. The lowest BCUT2D eigenvalue weighted by Crippen LogP contribution is -2.33. The number of hydrogen-bond donors (Lipinski definition) is 0. The van der Waals surface area contributed by atoms with E-state index in [2.05, 4.69) is 130 Å². The second-order valence-corrected chi connectivity index (χ2v) is 10.7. The van der Waals surface area contributed by atoms with Gasteiger partial charge in [-0.05, 0) is 24.3 Å². The molecular formula is C36H26N4O4S. The summed E-state index contributed by atoms with van der Waals surface area (Å²) in [5.41, 5.74) is 10.8. The van der Waals surface area contributed by atoms with Crippen molar-refractivity contribution in [1.29, 1.82) is 0 Å². The van der Waals surface area contributed by atoms with Gasteiger partial charge < -0.3 is 9.11 Å². The first-order valence-electron chi connectivity index (χ1n) is 14.0. The van der Waals surface area contributed by atoms with E-state index >= 15 is 0 Å². The Morgan fingerprint density at radius 2 is 0.600 bits per heavy atom. The topological polar surface area (TPSA) is 114 Å². The van der Waals surface area contributed by atoms with Gasteiger partial charge in [-0.1, -0.05) is 84.9 Å². The maximum atomic E-state index is 8.52. The molecule has 0 amide bonds. The SMILES string of the molecule is O=S(=O)([O-])[O-].c1ccc(-[n+]2c3ccccc3nc3ccccc32)cc1.c1ccc(-[n+]2c3ccccc3nc3ccccc32)cc1. The van der Waals surface area contributed by atoms with Crippen molar-refractivity contribution in [2.24, 2.45) is 0 Å². The van der Waals surface area contributed by atoms with Crippen molar-refractivity contribution >= 4 is 54.5 Å². The second kappa shape index (κ2) is 12.9. The van der Waals surface area contributed by atoms with Gasteiger partial charge in [0.2, 0.25) is 33.4 Å². The molecule has 9 heteroatoms. The molecule has 0 N–H and O–H groups in total. The minimum absolute atomic E-state index is 1.01. The van der Waals surface area contributed by atoms with Gasteiger partial charge in [-0.25, -0.2) is 9.97 Å². The molecule has 8 nitrogen and oxygen atoms in total. The van der Waals surface area contributed by atoms with Gasteiger partial charge in [-0.2, -0.15) is 0 Å². The van der Waals surface area contributed by atoms with Crippen LogP contribution in [0.1, 0.15) is 0 Å². The van der Waals surface area contributed by atoms with Crippen LogP contribution in [0.3, 0.4) is 0 Å². The number of nitrogens with zero attached hydrogens (tertiary/aromatic N) is 4. The number of aromatic nitrogens is 4. The molecule has 0 spiro atoms. The summed E-state index contributed by atoms with van der Waals surface area (Å²) >= 11 is 0. The van der Waals surface area contributed by atoms with Gasteiger partial charge >= 0.3 is 0 Å².